The minimum atomic E-state index is -1.47. The number of nitrogens with one attached hydrogen (secondary N) is 1. The number of aliphatic carboxylic acids is 1. The summed E-state index contributed by atoms with van der Waals surface area (Å²) >= 11 is 0. The van der Waals surface area contributed by atoms with Gasteiger partial charge in [0.15, 0.2) is 0 Å². The number of carboxylic acid groups (broad SMARTS) is 1. The fourth-order valence-electron chi connectivity index (χ4n) is 1.61. The van der Waals surface area contributed by atoms with Gasteiger partial charge in [-0.3, -0.25) is 9.59 Å². The van der Waals surface area contributed by atoms with E-state index in [0.717, 1.165) is 7.11 Å². The summed E-state index contributed by atoms with van der Waals surface area (Å²) in [5.41, 5.74) is 4.85. The molecule has 1 aromatic carbocycles. The van der Waals surface area contributed by atoms with Crippen LogP contribution in [0.4, 0.5) is 0 Å². The number of esters is 1. The summed E-state index contributed by atoms with van der Waals surface area (Å²) in [6.07, 6.45) is -0.554. The van der Waals surface area contributed by atoms with Crippen LogP contribution in [0.2, 0.25) is 0 Å². The Bertz CT molecular complexity index is 584. The monoisotopic (exact) mass is 294 g/mol. The Morgan fingerprint density at radius 3 is 2.29 bits per heavy atom. The molecule has 21 heavy (non-hydrogen) atoms. The second-order valence-electron chi connectivity index (χ2n) is 4.07. The van der Waals surface area contributed by atoms with Crippen molar-refractivity contribution >= 4 is 23.8 Å². The minimum absolute atomic E-state index is 0.0132. The number of hydrogen-bond donors (Lipinski definition) is 3. The lowest BCUT2D eigenvalue weighted by Crippen LogP contribution is -2.43. The average molecular weight is 294 g/mol. The molecule has 0 saturated heterocycles. The first kappa shape index (κ1) is 16.2. The third kappa shape index (κ3) is 4.30. The van der Waals surface area contributed by atoms with Gasteiger partial charge in [0.25, 0.3) is 5.91 Å². The molecule has 0 radical (unpaired) electrons. The van der Waals surface area contributed by atoms with Crippen molar-refractivity contribution in [3.8, 4) is 0 Å². The van der Waals surface area contributed by atoms with Crippen molar-refractivity contribution in [2.45, 2.75) is 12.5 Å². The number of ether oxygens (including phenoxy) is 1. The molecule has 1 unspecified atom stereocenters. The van der Waals surface area contributed by atoms with Gasteiger partial charge in [-0.2, -0.15) is 0 Å². The van der Waals surface area contributed by atoms with Crippen molar-refractivity contribution in [2.75, 3.05) is 7.11 Å². The second-order valence-corrected chi connectivity index (χ2v) is 4.07. The number of carbonyl (C=O) groups excluding carboxylic acids is 3. The SMILES string of the molecule is COC(=O)c1ccccc1C(=O)NC(CC(N)=O)C(=O)O. The van der Waals surface area contributed by atoms with Crippen molar-refractivity contribution < 1.29 is 29.0 Å². The number of amides is 2. The first-order valence-electron chi connectivity index (χ1n) is 5.86. The van der Waals surface area contributed by atoms with Crippen LogP contribution in [0.5, 0.6) is 0 Å². The van der Waals surface area contributed by atoms with Crippen LogP contribution in [-0.4, -0.2) is 42.0 Å². The number of hydrogen-bond acceptors (Lipinski definition) is 5. The zero-order chi connectivity index (χ0) is 16.0. The molecule has 112 valence electrons. The molecule has 1 rings (SSSR count). The lowest BCUT2D eigenvalue weighted by atomic mass is 10.1. The Morgan fingerprint density at radius 1 is 1.24 bits per heavy atom. The Kier molecular flexibility index (Phi) is 5.41. The maximum absolute atomic E-state index is 12.0. The summed E-state index contributed by atoms with van der Waals surface area (Å²) in [4.78, 5) is 45.3. The predicted octanol–water partition coefficient (Wildman–Crippen LogP) is -0.468. The topological polar surface area (TPSA) is 136 Å². The molecular weight excluding hydrogens is 280 g/mol. The van der Waals surface area contributed by atoms with E-state index >= 15 is 0 Å². The van der Waals surface area contributed by atoms with Gasteiger partial charge in [0, 0.05) is 0 Å². The fourth-order valence-corrected chi connectivity index (χ4v) is 1.61. The standard InChI is InChI=1S/C13H14N2O6/c1-21-13(20)8-5-3-2-4-7(8)11(17)15-9(12(18)19)6-10(14)16/h2-5,9H,6H2,1H3,(H2,14,16)(H,15,17)(H,18,19). The molecule has 1 atom stereocenters. The van der Waals surface area contributed by atoms with E-state index in [1.54, 1.807) is 0 Å². The molecule has 0 bridgehead atoms. The number of carbonyl (C=O) groups is 4. The molecule has 0 fully saturated rings. The van der Waals surface area contributed by atoms with E-state index in [1.165, 1.54) is 24.3 Å². The van der Waals surface area contributed by atoms with Crippen LogP contribution in [0.25, 0.3) is 0 Å². The summed E-state index contributed by atoms with van der Waals surface area (Å²) in [5.74, 6) is -3.83. The Labute approximate surface area is 119 Å². The molecule has 4 N–H and O–H groups in total. The summed E-state index contributed by atoms with van der Waals surface area (Å²) in [6, 6.07) is 4.27. The van der Waals surface area contributed by atoms with Gasteiger partial charge in [0.1, 0.15) is 6.04 Å². The molecule has 8 nitrogen and oxygen atoms in total. The zero-order valence-electron chi connectivity index (χ0n) is 11.2. The van der Waals surface area contributed by atoms with E-state index in [1.807, 2.05) is 0 Å². The van der Waals surface area contributed by atoms with E-state index in [-0.39, 0.29) is 11.1 Å². The number of methoxy groups -OCH3 is 1. The van der Waals surface area contributed by atoms with Gasteiger partial charge in [-0.05, 0) is 12.1 Å². The Hall–Kier alpha value is -2.90. The van der Waals surface area contributed by atoms with E-state index in [9.17, 15) is 19.2 Å². The summed E-state index contributed by atoms with van der Waals surface area (Å²) in [6.45, 7) is 0. The lowest BCUT2D eigenvalue weighted by molar-refractivity contribution is -0.140. The fraction of sp³-hybridized carbons (Fsp3) is 0.231. The highest BCUT2D eigenvalue weighted by atomic mass is 16.5. The van der Waals surface area contributed by atoms with Crippen LogP contribution < -0.4 is 11.1 Å². The molecule has 0 spiro atoms. The van der Waals surface area contributed by atoms with Crippen molar-refractivity contribution in [1.82, 2.24) is 5.32 Å². The molecule has 2 amide bonds. The largest absolute Gasteiger partial charge is 0.480 e. The van der Waals surface area contributed by atoms with E-state index in [4.69, 9.17) is 10.8 Å². The third-order valence-electron chi connectivity index (χ3n) is 2.59. The molecule has 0 aromatic heterocycles. The summed E-state index contributed by atoms with van der Waals surface area (Å²) in [7, 11) is 1.16. The molecule has 0 heterocycles. The normalized spacial score (nSPS) is 11.3. The van der Waals surface area contributed by atoms with Gasteiger partial charge in [-0.25, -0.2) is 9.59 Å². The van der Waals surface area contributed by atoms with Crippen LogP contribution in [-0.2, 0) is 14.3 Å². The first-order chi connectivity index (χ1) is 9.86. The van der Waals surface area contributed by atoms with Gasteiger partial charge >= 0.3 is 11.9 Å². The Morgan fingerprint density at radius 2 is 1.81 bits per heavy atom. The summed E-state index contributed by atoms with van der Waals surface area (Å²) in [5, 5.41) is 11.1. The van der Waals surface area contributed by atoms with E-state index < -0.39 is 36.2 Å². The maximum atomic E-state index is 12.0. The van der Waals surface area contributed by atoms with Crippen LogP contribution in [0.15, 0.2) is 24.3 Å². The van der Waals surface area contributed by atoms with Crippen molar-refractivity contribution in [3.63, 3.8) is 0 Å². The van der Waals surface area contributed by atoms with Gasteiger partial charge < -0.3 is 20.9 Å². The predicted molar refractivity (Wildman–Crippen MR) is 70.5 cm³/mol. The molecule has 0 aliphatic carbocycles. The third-order valence-corrected chi connectivity index (χ3v) is 2.59. The molecule has 0 aliphatic heterocycles. The van der Waals surface area contributed by atoms with E-state index in [2.05, 4.69) is 10.1 Å². The highest BCUT2D eigenvalue weighted by Crippen LogP contribution is 2.10. The number of benzene rings is 1. The molecule has 8 heteroatoms. The van der Waals surface area contributed by atoms with Crippen LogP contribution in [0, 0.1) is 0 Å². The zero-order valence-corrected chi connectivity index (χ0v) is 11.2. The van der Waals surface area contributed by atoms with Crippen molar-refractivity contribution in [2.24, 2.45) is 5.73 Å². The molecule has 1 aromatic rings. The number of primary amides is 1. The van der Waals surface area contributed by atoms with Crippen LogP contribution in [0.3, 0.4) is 0 Å². The quantitative estimate of drug-likeness (QED) is 0.607. The smallest absolute Gasteiger partial charge is 0.338 e. The minimum Gasteiger partial charge on any atom is -0.480 e. The average Bonchev–Trinajstić information content (AvgIpc) is 2.45. The number of rotatable bonds is 6. The molecular formula is C13H14N2O6. The van der Waals surface area contributed by atoms with Crippen LogP contribution >= 0.6 is 0 Å². The van der Waals surface area contributed by atoms with Crippen molar-refractivity contribution in [3.05, 3.63) is 35.4 Å². The van der Waals surface area contributed by atoms with Gasteiger partial charge in [0.05, 0.1) is 24.7 Å². The second kappa shape index (κ2) is 7.04. The maximum Gasteiger partial charge on any atom is 0.338 e. The molecule has 0 aliphatic rings. The van der Waals surface area contributed by atoms with Gasteiger partial charge in [-0.1, -0.05) is 12.1 Å². The van der Waals surface area contributed by atoms with Gasteiger partial charge in [-0.15, -0.1) is 0 Å². The number of nitrogens with two attached hydrogens (primary N) is 1. The highest BCUT2D eigenvalue weighted by Gasteiger charge is 2.25. The van der Waals surface area contributed by atoms with E-state index in [0.29, 0.717) is 0 Å². The van der Waals surface area contributed by atoms with Crippen molar-refractivity contribution in [1.29, 1.82) is 0 Å². The van der Waals surface area contributed by atoms with Crippen LogP contribution in [0.1, 0.15) is 27.1 Å². The molecule has 0 saturated carbocycles. The van der Waals surface area contributed by atoms with Gasteiger partial charge in [0.2, 0.25) is 5.91 Å². The lowest BCUT2D eigenvalue weighted by Gasteiger charge is -2.14. The highest BCUT2D eigenvalue weighted by molar-refractivity contribution is 6.06. The number of carboxylic acids is 1. The first-order valence-corrected chi connectivity index (χ1v) is 5.86. The Balaban J connectivity index is 3.00. The summed E-state index contributed by atoms with van der Waals surface area (Å²) < 4.78 is 4.53.